The molecule has 0 bridgehead atoms. The summed E-state index contributed by atoms with van der Waals surface area (Å²) in [7, 11) is -3.62. The molecule has 3 rings (SSSR count). The summed E-state index contributed by atoms with van der Waals surface area (Å²) in [6, 6.07) is 14.4. The monoisotopic (exact) mass is 440 g/mol. The Morgan fingerprint density at radius 2 is 1.78 bits per heavy atom. The molecule has 9 heteroatoms. The van der Waals surface area contributed by atoms with Gasteiger partial charge in [-0.15, -0.1) is 11.3 Å². The van der Waals surface area contributed by atoms with Crippen LogP contribution < -0.4 is 10.0 Å². The zero-order valence-electron chi connectivity index (χ0n) is 13.8. The van der Waals surface area contributed by atoms with Crippen LogP contribution in [-0.2, 0) is 16.6 Å². The second-order valence-corrected chi connectivity index (χ2v) is 9.23. The van der Waals surface area contributed by atoms with Crippen LogP contribution in [0.4, 0.5) is 5.69 Å². The Bertz CT molecular complexity index is 1050. The molecule has 0 aliphatic heterocycles. The van der Waals surface area contributed by atoms with Crippen molar-refractivity contribution < 1.29 is 13.2 Å². The van der Waals surface area contributed by atoms with E-state index in [4.69, 9.17) is 23.2 Å². The van der Waals surface area contributed by atoms with Gasteiger partial charge in [-0.3, -0.25) is 9.52 Å². The highest BCUT2D eigenvalue weighted by Crippen LogP contribution is 2.22. The Labute approximate surface area is 171 Å². The van der Waals surface area contributed by atoms with E-state index < -0.39 is 10.0 Å². The van der Waals surface area contributed by atoms with Gasteiger partial charge in [0.15, 0.2) is 0 Å². The molecule has 1 aromatic heterocycles. The number of rotatable bonds is 6. The quantitative estimate of drug-likeness (QED) is 0.578. The van der Waals surface area contributed by atoms with Gasteiger partial charge in [-0.25, -0.2) is 8.42 Å². The molecule has 1 heterocycles. The van der Waals surface area contributed by atoms with Crippen LogP contribution in [0.3, 0.4) is 0 Å². The third-order valence-corrected chi connectivity index (χ3v) is 6.98. The first-order valence-corrected chi connectivity index (χ1v) is 10.9. The molecular formula is C18H14Cl2N2O3S2. The fourth-order valence-electron chi connectivity index (χ4n) is 2.25. The molecule has 0 saturated carbocycles. The predicted octanol–water partition coefficient (Wildman–Crippen LogP) is 4.79. The first kappa shape index (κ1) is 19.7. The summed E-state index contributed by atoms with van der Waals surface area (Å²) in [5.74, 6) is -0.298. The van der Waals surface area contributed by atoms with Crippen LogP contribution in [0.1, 0.15) is 15.9 Å². The zero-order valence-corrected chi connectivity index (χ0v) is 16.9. The maximum atomic E-state index is 12.3. The lowest BCUT2D eigenvalue weighted by molar-refractivity contribution is 0.0951. The number of anilines is 1. The van der Waals surface area contributed by atoms with Crippen LogP contribution in [0.2, 0.25) is 10.0 Å². The minimum Gasteiger partial charge on any atom is -0.348 e. The summed E-state index contributed by atoms with van der Waals surface area (Å²) >= 11 is 13.1. The second-order valence-electron chi connectivity index (χ2n) is 5.53. The number of nitrogens with one attached hydrogen (secondary N) is 2. The lowest BCUT2D eigenvalue weighted by Gasteiger charge is -2.09. The number of halogens is 2. The van der Waals surface area contributed by atoms with Crippen molar-refractivity contribution in [2.75, 3.05) is 4.72 Å². The van der Waals surface area contributed by atoms with Gasteiger partial charge < -0.3 is 5.32 Å². The minimum atomic E-state index is -3.62. The average Bonchev–Trinajstić information content (AvgIpc) is 3.17. The van der Waals surface area contributed by atoms with Gasteiger partial charge in [0.25, 0.3) is 15.9 Å². The maximum Gasteiger partial charge on any atom is 0.271 e. The van der Waals surface area contributed by atoms with E-state index in [9.17, 15) is 13.2 Å². The first-order valence-electron chi connectivity index (χ1n) is 7.74. The van der Waals surface area contributed by atoms with Gasteiger partial charge >= 0.3 is 0 Å². The Hall–Kier alpha value is -2.06. The van der Waals surface area contributed by atoms with E-state index in [1.807, 2.05) is 0 Å². The summed E-state index contributed by atoms with van der Waals surface area (Å²) in [6.07, 6.45) is 0. The van der Waals surface area contributed by atoms with Gasteiger partial charge in [-0.2, -0.15) is 0 Å². The van der Waals surface area contributed by atoms with Gasteiger partial charge in [0.05, 0.1) is 0 Å². The van der Waals surface area contributed by atoms with E-state index in [1.165, 1.54) is 18.2 Å². The molecule has 2 aromatic carbocycles. The van der Waals surface area contributed by atoms with Crippen LogP contribution in [0, 0.1) is 0 Å². The van der Waals surface area contributed by atoms with Crippen molar-refractivity contribution >= 4 is 56.2 Å². The number of hydrogen-bond acceptors (Lipinski definition) is 4. The topological polar surface area (TPSA) is 75.3 Å². The molecule has 3 aromatic rings. The third kappa shape index (κ3) is 5.01. The molecule has 1 amide bonds. The largest absolute Gasteiger partial charge is 0.348 e. The highest BCUT2D eigenvalue weighted by molar-refractivity contribution is 7.94. The lowest BCUT2D eigenvalue weighted by Crippen LogP contribution is -2.23. The molecule has 0 aliphatic rings. The summed E-state index contributed by atoms with van der Waals surface area (Å²) in [4.78, 5) is 12.3. The third-order valence-electron chi connectivity index (χ3n) is 3.61. The Morgan fingerprint density at radius 1 is 1.04 bits per heavy atom. The van der Waals surface area contributed by atoms with Crippen molar-refractivity contribution in [3.05, 3.63) is 81.1 Å². The molecular weight excluding hydrogens is 427 g/mol. The first-order chi connectivity index (χ1) is 12.8. The zero-order chi connectivity index (χ0) is 19.4. The van der Waals surface area contributed by atoms with Gasteiger partial charge in [0, 0.05) is 27.8 Å². The summed E-state index contributed by atoms with van der Waals surface area (Å²) in [5, 5.41) is 5.45. The van der Waals surface area contributed by atoms with E-state index in [1.54, 1.807) is 41.8 Å². The number of amides is 1. The molecule has 0 saturated heterocycles. The molecule has 0 radical (unpaired) electrons. The number of hydrogen-bond donors (Lipinski definition) is 2. The molecule has 0 fully saturated rings. The van der Waals surface area contributed by atoms with Crippen molar-refractivity contribution in [1.29, 1.82) is 0 Å². The Morgan fingerprint density at radius 3 is 2.41 bits per heavy atom. The number of sulfonamides is 1. The van der Waals surface area contributed by atoms with Crippen molar-refractivity contribution in [1.82, 2.24) is 5.32 Å². The SMILES string of the molecule is O=C(NCc1ccc(Cl)cc1Cl)c1ccc(NS(=O)(=O)c2cccs2)cc1. The highest BCUT2D eigenvalue weighted by Gasteiger charge is 2.15. The molecule has 5 nitrogen and oxygen atoms in total. The molecule has 2 N–H and O–H groups in total. The standard InChI is InChI=1S/C18H14Cl2N2O3S2/c19-14-6-3-13(16(20)10-14)11-21-18(23)12-4-7-15(8-5-12)22-27(24,25)17-2-1-9-26-17/h1-10,22H,11H2,(H,21,23). The van der Waals surface area contributed by atoms with Gasteiger partial charge in [0.1, 0.15) is 4.21 Å². The summed E-state index contributed by atoms with van der Waals surface area (Å²) in [5.41, 5.74) is 1.52. The van der Waals surface area contributed by atoms with E-state index in [0.717, 1.165) is 16.9 Å². The van der Waals surface area contributed by atoms with Crippen LogP contribution in [0.5, 0.6) is 0 Å². The van der Waals surface area contributed by atoms with Crippen molar-refractivity contribution in [2.45, 2.75) is 10.8 Å². The Kier molecular flexibility index (Phi) is 6.06. The minimum absolute atomic E-state index is 0.226. The van der Waals surface area contributed by atoms with Gasteiger partial charge in [-0.1, -0.05) is 35.3 Å². The molecule has 0 spiro atoms. The highest BCUT2D eigenvalue weighted by atomic mass is 35.5. The van der Waals surface area contributed by atoms with Gasteiger partial charge in [-0.05, 0) is 53.4 Å². The van der Waals surface area contributed by atoms with E-state index in [2.05, 4.69) is 10.0 Å². The van der Waals surface area contributed by atoms with E-state index >= 15 is 0 Å². The summed E-state index contributed by atoms with van der Waals surface area (Å²) in [6.45, 7) is 0.252. The molecule has 0 atom stereocenters. The van der Waals surface area contributed by atoms with Crippen molar-refractivity contribution in [2.24, 2.45) is 0 Å². The van der Waals surface area contributed by atoms with Crippen molar-refractivity contribution in [3.8, 4) is 0 Å². The number of carbonyl (C=O) groups is 1. The maximum absolute atomic E-state index is 12.3. The fraction of sp³-hybridized carbons (Fsp3) is 0.0556. The van der Waals surface area contributed by atoms with E-state index in [-0.39, 0.29) is 16.7 Å². The normalized spacial score (nSPS) is 11.2. The smallest absolute Gasteiger partial charge is 0.271 e. The Balaban J connectivity index is 1.63. The fourth-order valence-corrected chi connectivity index (χ4v) is 4.78. The average molecular weight is 441 g/mol. The van der Waals surface area contributed by atoms with Crippen molar-refractivity contribution in [3.63, 3.8) is 0 Å². The lowest BCUT2D eigenvalue weighted by atomic mass is 10.2. The van der Waals surface area contributed by atoms with Gasteiger partial charge in [0.2, 0.25) is 0 Å². The molecule has 0 aliphatic carbocycles. The predicted molar refractivity (Wildman–Crippen MR) is 109 cm³/mol. The number of carbonyl (C=O) groups excluding carboxylic acids is 1. The number of thiophene rings is 1. The molecule has 140 valence electrons. The van der Waals surface area contributed by atoms with Crippen LogP contribution in [0.25, 0.3) is 0 Å². The van der Waals surface area contributed by atoms with E-state index in [0.29, 0.717) is 21.3 Å². The van der Waals surface area contributed by atoms with Crippen LogP contribution >= 0.6 is 34.5 Å². The van der Waals surface area contributed by atoms with Crippen LogP contribution in [-0.4, -0.2) is 14.3 Å². The summed E-state index contributed by atoms with van der Waals surface area (Å²) < 4.78 is 27.1. The van der Waals surface area contributed by atoms with Crippen LogP contribution in [0.15, 0.2) is 64.2 Å². The number of benzene rings is 2. The molecule has 27 heavy (non-hydrogen) atoms. The molecule has 0 unspecified atom stereocenters. The second kappa shape index (κ2) is 8.31.